The van der Waals surface area contributed by atoms with Gasteiger partial charge in [-0.3, -0.25) is 9.59 Å². The highest BCUT2D eigenvalue weighted by Gasteiger charge is 2.26. The van der Waals surface area contributed by atoms with Crippen LogP contribution in [0.5, 0.6) is 0 Å². The molecule has 0 spiro atoms. The number of piperidine rings is 1. The highest BCUT2D eigenvalue weighted by atomic mass is 16.2. The van der Waals surface area contributed by atoms with Crippen LogP contribution in [0.15, 0.2) is 18.3 Å². The number of anilines is 1. The molecule has 0 aliphatic carbocycles. The average molecular weight is 316 g/mol. The normalized spacial score (nSPS) is 18.1. The zero-order valence-corrected chi connectivity index (χ0v) is 13.0. The molecule has 3 heterocycles. The van der Waals surface area contributed by atoms with Crippen LogP contribution in [0.3, 0.4) is 0 Å². The standard InChI is InChI=1S/C15H20N6O2/c1-10(22)17-8-14(23)20-6-2-3-11(9-20)13-7-12-4-5-18-21(12)15(16)19-13/h4-5,7,11H,2-3,6,8-9H2,1H3,(H2,16,19)(H,17,22). The monoisotopic (exact) mass is 316 g/mol. The summed E-state index contributed by atoms with van der Waals surface area (Å²) in [5.41, 5.74) is 7.72. The Bertz CT molecular complexity index is 741. The van der Waals surface area contributed by atoms with E-state index in [2.05, 4.69) is 15.4 Å². The summed E-state index contributed by atoms with van der Waals surface area (Å²) < 4.78 is 1.59. The molecule has 1 aliphatic heterocycles. The summed E-state index contributed by atoms with van der Waals surface area (Å²) in [6.45, 7) is 2.74. The summed E-state index contributed by atoms with van der Waals surface area (Å²) in [4.78, 5) is 29.3. The summed E-state index contributed by atoms with van der Waals surface area (Å²) >= 11 is 0. The molecular weight excluding hydrogens is 296 g/mol. The zero-order chi connectivity index (χ0) is 16.4. The van der Waals surface area contributed by atoms with E-state index in [0.717, 1.165) is 24.1 Å². The molecule has 2 aromatic rings. The molecule has 2 amide bonds. The number of aromatic nitrogens is 3. The predicted octanol–water partition coefficient (Wildman–Crippen LogP) is 0.154. The lowest BCUT2D eigenvalue weighted by atomic mass is 9.94. The van der Waals surface area contributed by atoms with Gasteiger partial charge in [-0.1, -0.05) is 0 Å². The fourth-order valence-electron chi connectivity index (χ4n) is 2.94. The van der Waals surface area contributed by atoms with E-state index >= 15 is 0 Å². The molecular formula is C15H20N6O2. The second kappa shape index (κ2) is 6.23. The molecule has 1 fully saturated rings. The van der Waals surface area contributed by atoms with E-state index in [4.69, 9.17) is 5.73 Å². The van der Waals surface area contributed by atoms with Gasteiger partial charge in [-0.2, -0.15) is 5.10 Å². The Morgan fingerprint density at radius 1 is 1.48 bits per heavy atom. The Labute approximate surface area is 133 Å². The van der Waals surface area contributed by atoms with Crippen LogP contribution >= 0.6 is 0 Å². The van der Waals surface area contributed by atoms with Crippen LogP contribution in [0.2, 0.25) is 0 Å². The van der Waals surface area contributed by atoms with Gasteiger partial charge in [0.05, 0.1) is 24.0 Å². The summed E-state index contributed by atoms with van der Waals surface area (Å²) in [7, 11) is 0. The van der Waals surface area contributed by atoms with E-state index in [1.165, 1.54) is 6.92 Å². The van der Waals surface area contributed by atoms with Gasteiger partial charge in [0.25, 0.3) is 0 Å². The minimum Gasteiger partial charge on any atom is -0.368 e. The zero-order valence-electron chi connectivity index (χ0n) is 13.0. The van der Waals surface area contributed by atoms with E-state index in [-0.39, 0.29) is 24.3 Å². The number of carbonyl (C=O) groups is 2. The number of nitrogens with two attached hydrogens (primary N) is 1. The minimum absolute atomic E-state index is 0.0410. The largest absolute Gasteiger partial charge is 0.368 e. The van der Waals surface area contributed by atoms with Gasteiger partial charge < -0.3 is 16.0 Å². The van der Waals surface area contributed by atoms with Gasteiger partial charge >= 0.3 is 0 Å². The first-order valence-corrected chi connectivity index (χ1v) is 7.67. The SMILES string of the molecule is CC(=O)NCC(=O)N1CCCC(c2cc3ccnn3c(N)n2)C1. The number of fused-ring (bicyclic) bond motifs is 1. The first-order valence-electron chi connectivity index (χ1n) is 7.67. The van der Waals surface area contributed by atoms with Crippen molar-refractivity contribution in [3.63, 3.8) is 0 Å². The third-order valence-electron chi connectivity index (χ3n) is 4.11. The Morgan fingerprint density at radius 2 is 2.30 bits per heavy atom. The highest BCUT2D eigenvalue weighted by molar-refractivity contribution is 5.83. The van der Waals surface area contributed by atoms with Crippen molar-refractivity contribution in [2.75, 3.05) is 25.4 Å². The highest BCUT2D eigenvalue weighted by Crippen LogP contribution is 2.27. The maximum absolute atomic E-state index is 12.2. The van der Waals surface area contributed by atoms with Crippen molar-refractivity contribution in [2.24, 2.45) is 0 Å². The molecule has 1 saturated heterocycles. The molecule has 0 bridgehead atoms. The Balaban J connectivity index is 1.74. The second-order valence-corrected chi connectivity index (χ2v) is 5.80. The van der Waals surface area contributed by atoms with Gasteiger partial charge in [-0.25, -0.2) is 9.50 Å². The first kappa shape index (κ1) is 15.3. The van der Waals surface area contributed by atoms with E-state index in [9.17, 15) is 9.59 Å². The lowest BCUT2D eigenvalue weighted by molar-refractivity contribution is -0.133. The quantitative estimate of drug-likeness (QED) is 0.838. The van der Waals surface area contributed by atoms with Crippen LogP contribution in [-0.4, -0.2) is 50.9 Å². The van der Waals surface area contributed by atoms with Crippen molar-refractivity contribution in [2.45, 2.75) is 25.7 Å². The van der Waals surface area contributed by atoms with Gasteiger partial charge in [-0.15, -0.1) is 0 Å². The van der Waals surface area contributed by atoms with Gasteiger partial charge in [0.1, 0.15) is 0 Å². The van der Waals surface area contributed by atoms with Crippen LogP contribution in [-0.2, 0) is 9.59 Å². The molecule has 3 rings (SSSR count). The molecule has 0 aromatic carbocycles. The van der Waals surface area contributed by atoms with E-state index < -0.39 is 0 Å². The molecule has 23 heavy (non-hydrogen) atoms. The minimum atomic E-state index is -0.201. The number of hydrogen-bond donors (Lipinski definition) is 2. The number of amides is 2. The molecule has 122 valence electrons. The van der Waals surface area contributed by atoms with E-state index in [0.29, 0.717) is 19.0 Å². The number of likely N-dealkylation sites (tertiary alicyclic amines) is 1. The number of carbonyl (C=O) groups excluding carboxylic acids is 2. The van der Waals surface area contributed by atoms with Crippen LogP contribution < -0.4 is 11.1 Å². The summed E-state index contributed by atoms with van der Waals surface area (Å²) in [6, 6.07) is 3.85. The summed E-state index contributed by atoms with van der Waals surface area (Å²) in [5, 5.41) is 6.66. The fourth-order valence-corrected chi connectivity index (χ4v) is 2.94. The average Bonchev–Trinajstić information content (AvgIpc) is 3.01. The Morgan fingerprint density at radius 3 is 3.09 bits per heavy atom. The summed E-state index contributed by atoms with van der Waals surface area (Å²) in [6.07, 6.45) is 3.55. The van der Waals surface area contributed by atoms with Crippen LogP contribution in [0.25, 0.3) is 5.52 Å². The molecule has 8 nitrogen and oxygen atoms in total. The van der Waals surface area contributed by atoms with Crippen molar-refractivity contribution >= 4 is 23.3 Å². The maximum atomic E-state index is 12.2. The van der Waals surface area contributed by atoms with Gasteiger partial charge in [0.15, 0.2) is 0 Å². The molecule has 3 N–H and O–H groups in total. The lowest BCUT2D eigenvalue weighted by Gasteiger charge is -2.32. The van der Waals surface area contributed by atoms with Crippen LogP contribution in [0.4, 0.5) is 5.95 Å². The molecule has 2 aromatic heterocycles. The molecule has 1 aliphatic rings. The third-order valence-corrected chi connectivity index (χ3v) is 4.11. The number of nitrogens with zero attached hydrogens (tertiary/aromatic N) is 4. The molecule has 1 atom stereocenters. The van der Waals surface area contributed by atoms with E-state index in [1.807, 2.05) is 12.1 Å². The second-order valence-electron chi connectivity index (χ2n) is 5.80. The Kier molecular flexibility index (Phi) is 4.14. The van der Waals surface area contributed by atoms with Crippen molar-refractivity contribution in [3.8, 4) is 0 Å². The Hall–Kier alpha value is -2.64. The van der Waals surface area contributed by atoms with Crippen molar-refractivity contribution in [1.82, 2.24) is 24.8 Å². The maximum Gasteiger partial charge on any atom is 0.241 e. The molecule has 1 unspecified atom stereocenters. The van der Waals surface area contributed by atoms with E-state index in [1.54, 1.807) is 15.6 Å². The number of rotatable bonds is 3. The van der Waals surface area contributed by atoms with Crippen molar-refractivity contribution in [1.29, 1.82) is 0 Å². The number of nitrogen functional groups attached to an aromatic ring is 1. The molecule has 8 heteroatoms. The van der Waals surface area contributed by atoms with Gasteiger partial charge in [0, 0.05) is 25.9 Å². The smallest absolute Gasteiger partial charge is 0.241 e. The third kappa shape index (κ3) is 3.25. The molecule has 0 saturated carbocycles. The number of nitrogens with one attached hydrogen (secondary N) is 1. The van der Waals surface area contributed by atoms with Crippen molar-refractivity contribution in [3.05, 3.63) is 24.0 Å². The van der Waals surface area contributed by atoms with Crippen molar-refractivity contribution < 1.29 is 9.59 Å². The molecule has 0 radical (unpaired) electrons. The van der Waals surface area contributed by atoms with Crippen LogP contribution in [0.1, 0.15) is 31.4 Å². The predicted molar refractivity (Wildman–Crippen MR) is 84.6 cm³/mol. The first-order chi connectivity index (χ1) is 11.0. The fraction of sp³-hybridized carbons (Fsp3) is 0.467. The number of hydrogen-bond acceptors (Lipinski definition) is 5. The van der Waals surface area contributed by atoms with Crippen LogP contribution in [0, 0.1) is 0 Å². The lowest BCUT2D eigenvalue weighted by Crippen LogP contribution is -2.44. The topological polar surface area (TPSA) is 106 Å². The van der Waals surface area contributed by atoms with Gasteiger partial charge in [-0.05, 0) is 25.0 Å². The summed E-state index contributed by atoms with van der Waals surface area (Å²) in [5.74, 6) is 0.229. The van der Waals surface area contributed by atoms with Gasteiger partial charge in [0.2, 0.25) is 17.8 Å².